The van der Waals surface area contributed by atoms with Crippen molar-refractivity contribution >= 4 is 10.0 Å². The Balaban J connectivity index is 2.59. The summed E-state index contributed by atoms with van der Waals surface area (Å²) in [5.41, 5.74) is 5.60. The highest BCUT2D eigenvalue weighted by atomic mass is 32.2. The molecule has 1 rings (SSSR count). The van der Waals surface area contributed by atoms with E-state index in [4.69, 9.17) is 10.5 Å². The number of nitrogens with two attached hydrogens (primary N) is 1. The minimum atomic E-state index is -3.21. The molecule has 0 spiro atoms. The number of hydrogen-bond donors (Lipinski definition) is 1. The molecule has 1 aliphatic rings. The SMILES string of the molecule is COCCS(=O)(=O)N(C)C(CN)C1CC1. The monoisotopic (exact) mass is 236 g/mol. The van der Waals surface area contributed by atoms with Crippen molar-refractivity contribution in [3.05, 3.63) is 0 Å². The Morgan fingerprint density at radius 2 is 2.13 bits per heavy atom. The molecule has 0 heterocycles. The van der Waals surface area contributed by atoms with E-state index in [1.54, 1.807) is 7.05 Å². The zero-order chi connectivity index (χ0) is 11.5. The zero-order valence-electron chi connectivity index (χ0n) is 9.35. The first kappa shape index (κ1) is 12.9. The number of hydrogen-bond acceptors (Lipinski definition) is 4. The van der Waals surface area contributed by atoms with Crippen molar-refractivity contribution in [1.82, 2.24) is 4.31 Å². The first-order valence-corrected chi connectivity index (χ1v) is 6.78. The van der Waals surface area contributed by atoms with Crippen molar-refractivity contribution in [2.75, 3.05) is 33.1 Å². The topological polar surface area (TPSA) is 72.6 Å². The lowest BCUT2D eigenvalue weighted by molar-refractivity contribution is 0.214. The smallest absolute Gasteiger partial charge is 0.216 e. The molecule has 1 saturated carbocycles. The summed E-state index contributed by atoms with van der Waals surface area (Å²) in [7, 11) is -0.102. The number of ether oxygens (including phenoxy) is 1. The van der Waals surface area contributed by atoms with E-state index < -0.39 is 10.0 Å². The summed E-state index contributed by atoms with van der Waals surface area (Å²) in [6, 6.07) is -0.0353. The van der Waals surface area contributed by atoms with Crippen molar-refractivity contribution in [3.63, 3.8) is 0 Å². The van der Waals surface area contributed by atoms with Gasteiger partial charge >= 0.3 is 0 Å². The fourth-order valence-corrected chi connectivity index (χ4v) is 2.99. The molecule has 0 radical (unpaired) electrons. The molecule has 2 N–H and O–H groups in total. The van der Waals surface area contributed by atoms with Crippen LogP contribution in [-0.4, -0.2) is 51.8 Å². The Morgan fingerprint density at radius 1 is 1.53 bits per heavy atom. The molecular weight excluding hydrogens is 216 g/mol. The van der Waals surface area contributed by atoms with Gasteiger partial charge in [-0.25, -0.2) is 12.7 Å². The van der Waals surface area contributed by atoms with E-state index in [0.29, 0.717) is 12.5 Å². The van der Waals surface area contributed by atoms with Crippen LogP contribution in [0, 0.1) is 5.92 Å². The highest BCUT2D eigenvalue weighted by Crippen LogP contribution is 2.35. The molecule has 0 bridgehead atoms. The van der Waals surface area contributed by atoms with Gasteiger partial charge in [-0.1, -0.05) is 0 Å². The normalized spacial score (nSPS) is 19.5. The third kappa shape index (κ3) is 3.41. The highest BCUT2D eigenvalue weighted by molar-refractivity contribution is 7.89. The highest BCUT2D eigenvalue weighted by Gasteiger charge is 2.37. The van der Waals surface area contributed by atoms with E-state index in [1.807, 2.05) is 0 Å². The fourth-order valence-electron chi connectivity index (χ4n) is 1.66. The third-order valence-corrected chi connectivity index (χ3v) is 4.69. The van der Waals surface area contributed by atoms with Crippen LogP contribution in [0.5, 0.6) is 0 Å². The van der Waals surface area contributed by atoms with Gasteiger partial charge in [-0.3, -0.25) is 0 Å². The van der Waals surface area contributed by atoms with Gasteiger partial charge in [0.15, 0.2) is 0 Å². The third-order valence-electron chi connectivity index (χ3n) is 2.86. The Labute approximate surface area is 91.6 Å². The molecule has 1 aliphatic carbocycles. The Hall–Kier alpha value is -0.170. The summed E-state index contributed by atoms with van der Waals surface area (Å²) in [5.74, 6) is 0.487. The standard InChI is InChI=1S/C9H20N2O3S/c1-11(9(7-10)8-3-4-8)15(12,13)6-5-14-2/h8-9H,3-7,10H2,1-2H3. The van der Waals surface area contributed by atoms with Crippen LogP contribution in [0.1, 0.15) is 12.8 Å². The number of sulfonamides is 1. The summed E-state index contributed by atoms with van der Waals surface area (Å²) < 4.78 is 29.8. The van der Waals surface area contributed by atoms with Gasteiger partial charge in [0.25, 0.3) is 0 Å². The van der Waals surface area contributed by atoms with Crippen molar-refractivity contribution in [2.24, 2.45) is 11.7 Å². The van der Waals surface area contributed by atoms with Crippen molar-refractivity contribution in [1.29, 1.82) is 0 Å². The quantitative estimate of drug-likeness (QED) is 0.654. The van der Waals surface area contributed by atoms with Gasteiger partial charge < -0.3 is 10.5 Å². The zero-order valence-corrected chi connectivity index (χ0v) is 10.2. The average molecular weight is 236 g/mol. The van der Waals surface area contributed by atoms with Crippen molar-refractivity contribution in [2.45, 2.75) is 18.9 Å². The number of methoxy groups -OCH3 is 1. The number of nitrogens with zero attached hydrogens (tertiary/aromatic N) is 1. The molecule has 90 valence electrons. The van der Waals surface area contributed by atoms with Crippen LogP contribution in [0.3, 0.4) is 0 Å². The summed E-state index contributed by atoms with van der Waals surface area (Å²) in [4.78, 5) is 0. The van der Waals surface area contributed by atoms with Gasteiger partial charge in [0.1, 0.15) is 0 Å². The summed E-state index contributed by atoms with van der Waals surface area (Å²) in [6.07, 6.45) is 2.18. The Kier molecular flexibility index (Phi) is 4.51. The molecule has 5 nitrogen and oxygen atoms in total. The maximum Gasteiger partial charge on any atom is 0.216 e. The molecule has 15 heavy (non-hydrogen) atoms. The van der Waals surface area contributed by atoms with Gasteiger partial charge in [-0.15, -0.1) is 0 Å². The molecule has 6 heteroatoms. The van der Waals surface area contributed by atoms with Crippen molar-refractivity contribution < 1.29 is 13.2 Å². The van der Waals surface area contributed by atoms with E-state index in [2.05, 4.69) is 0 Å². The number of rotatable bonds is 7. The minimum absolute atomic E-state index is 0.0310. The van der Waals surface area contributed by atoms with E-state index in [9.17, 15) is 8.42 Å². The van der Waals surface area contributed by atoms with Crippen LogP contribution in [0.25, 0.3) is 0 Å². The minimum Gasteiger partial charge on any atom is -0.384 e. The lowest BCUT2D eigenvalue weighted by Crippen LogP contribution is -2.44. The lowest BCUT2D eigenvalue weighted by atomic mass is 10.2. The molecule has 1 atom stereocenters. The Bertz CT molecular complexity index is 288. The van der Waals surface area contributed by atoms with Crippen LogP contribution in [0.4, 0.5) is 0 Å². The first-order valence-electron chi connectivity index (χ1n) is 5.17. The van der Waals surface area contributed by atoms with Crippen LogP contribution in [0.2, 0.25) is 0 Å². The maximum absolute atomic E-state index is 11.8. The molecule has 0 aromatic carbocycles. The molecule has 0 aromatic rings. The maximum atomic E-state index is 11.8. The van der Waals surface area contributed by atoms with Gasteiger partial charge in [0.2, 0.25) is 10.0 Å². The number of likely N-dealkylation sites (N-methyl/N-ethyl adjacent to an activating group) is 1. The summed E-state index contributed by atoms with van der Waals surface area (Å²) in [6.45, 7) is 0.627. The van der Waals surface area contributed by atoms with Gasteiger partial charge in [0, 0.05) is 26.7 Å². The predicted molar refractivity (Wildman–Crippen MR) is 59.0 cm³/mol. The van der Waals surface area contributed by atoms with E-state index >= 15 is 0 Å². The van der Waals surface area contributed by atoms with Crippen LogP contribution in [-0.2, 0) is 14.8 Å². The van der Waals surface area contributed by atoms with E-state index in [-0.39, 0.29) is 18.4 Å². The second-order valence-electron chi connectivity index (χ2n) is 3.97. The predicted octanol–water partition coefficient (Wildman–Crippen LogP) is -0.368. The molecule has 0 aromatic heterocycles. The van der Waals surface area contributed by atoms with Crippen molar-refractivity contribution in [3.8, 4) is 0 Å². The second kappa shape index (κ2) is 5.25. The Morgan fingerprint density at radius 3 is 2.53 bits per heavy atom. The largest absolute Gasteiger partial charge is 0.384 e. The molecule has 1 unspecified atom stereocenters. The molecule has 0 aliphatic heterocycles. The average Bonchev–Trinajstić information content (AvgIpc) is 3.00. The van der Waals surface area contributed by atoms with Gasteiger partial charge in [-0.2, -0.15) is 0 Å². The van der Waals surface area contributed by atoms with Gasteiger partial charge in [-0.05, 0) is 18.8 Å². The molecule has 0 saturated heterocycles. The first-order chi connectivity index (χ1) is 7.03. The molecular formula is C9H20N2O3S. The van der Waals surface area contributed by atoms with Crippen LogP contribution >= 0.6 is 0 Å². The van der Waals surface area contributed by atoms with E-state index in [0.717, 1.165) is 12.8 Å². The van der Waals surface area contributed by atoms with E-state index in [1.165, 1.54) is 11.4 Å². The summed E-state index contributed by atoms with van der Waals surface area (Å²) in [5, 5.41) is 0. The van der Waals surface area contributed by atoms with Crippen LogP contribution < -0.4 is 5.73 Å². The van der Waals surface area contributed by atoms with Crippen LogP contribution in [0.15, 0.2) is 0 Å². The summed E-state index contributed by atoms with van der Waals surface area (Å²) >= 11 is 0. The lowest BCUT2D eigenvalue weighted by Gasteiger charge is -2.26. The molecule has 0 amide bonds. The fraction of sp³-hybridized carbons (Fsp3) is 1.00. The molecule has 1 fully saturated rings. The second-order valence-corrected chi connectivity index (χ2v) is 6.11. The van der Waals surface area contributed by atoms with Gasteiger partial charge in [0.05, 0.1) is 12.4 Å².